The zero-order chi connectivity index (χ0) is 19.6. The smallest absolute Gasteiger partial charge is 0.266 e. The van der Waals surface area contributed by atoms with Crippen molar-refractivity contribution in [1.29, 1.82) is 0 Å². The molecule has 0 fully saturated rings. The van der Waals surface area contributed by atoms with E-state index >= 15 is 0 Å². The zero-order valence-electron chi connectivity index (χ0n) is 15.1. The first kappa shape index (κ1) is 18.8. The van der Waals surface area contributed by atoms with Crippen LogP contribution in [0.1, 0.15) is 33.9 Å². The van der Waals surface area contributed by atoms with Gasteiger partial charge in [-0.2, -0.15) is 0 Å². The third kappa shape index (κ3) is 3.90. The minimum absolute atomic E-state index is 0.200. The Hall–Kier alpha value is -3.00. The first-order valence-corrected chi connectivity index (χ1v) is 9.35. The number of para-hydroxylation sites is 1. The molecule has 0 spiro atoms. The molecule has 3 aromatic rings. The second-order valence-electron chi connectivity index (χ2n) is 6.24. The lowest BCUT2D eigenvalue weighted by Crippen LogP contribution is -2.24. The van der Waals surface area contributed by atoms with Crippen molar-refractivity contribution in [1.82, 2.24) is 9.55 Å². The number of aryl methyl sites for hydroxylation is 2. The van der Waals surface area contributed by atoms with Crippen LogP contribution >= 0.6 is 11.3 Å². The number of thiophene rings is 1. The van der Waals surface area contributed by atoms with Gasteiger partial charge in [0.05, 0.1) is 10.3 Å². The Morgan fingerprint density at radius 2 is 1.93 bits per heavy atom. The average molecular weight is 384 g/mol. The maximum atomic E-state index is 12.9. The fourth-order valence-electron chi connectivity index (χ4n) is 2.92. The van der Waals surface area contributed by atoms with Crippen LogP contribution in [-0.4, -0.2) is 21.4 Å². The van der Waals surface area contributed by atoms with Crippen LogP contribution in [-0.2, 0) is 11.3 Å². The number of anilines is 1. The summed E-state index contributed by atoms with van der Waals surface area (Å²) in [7, 11) is 0. The van der Waals surface area contributed by atoms with Crippen LogP contribution in [0.5, 0.6) is 0 Å². The van der Waals surface area contributed by atoms with Crippen LogP contribution in [0.15, 0.2) is 35.1 Å². The Kier molecular flexibility index (Phi) is 5.36. The summed E-state index contributed by atoms with van der Waals surface area (Å²) < 4.78 is 1.53. The third-order valence-corrected chi connectivity index (χ3v) is 5.47. The van der Waals surface area contributed by atoms with Crippen molar-refractivity contribution < 1.29 is 9.59 Å². The third-order valence-electron chi connectivity index (χ3n) is 4.28. The number of nitrogens with one attached hydrogen (secondary N) is 1. The van der Waals surface area contributed by atoms with Gasteiger partial charge in [-0.3, -0.25) is 19.0 Å². The highest BCUT2D eigenvalue weighted by molar-refractivity contribution is 7.20. The Labute approximate surface area is 159 Å². The molecule has 0 atom stereocenters. The van der Waals surface area contributed by atoms with E-state index in [2.05, 4.69) is 10.3 Å². The SMILES string of the molecule is Cc1c(C(=O)Nc2ccccc2)sc2nc(C)n(CCCC(N)=O)c(=O)c12. The lowest BCUT2D eigenvalue weighted by molar-refractivity contribution is -0.118. The van der Waals surface area contributed by atoms with Gasteiger partial charge >= 0.3 is 0 Å². The molecule has 0 bridgehead atoms. The summed E-state index contributed by atoms with van der Waals surface area (Å²) in [6.45, 7) is 3.85. The molecular formula is C19H20N4O3S. The summed E-state index contributed by atoms with van der Waals surface area (Å²) in [6, 6.07) is 9.14. The number of fused-ring (bicyclic) bond motifs is 1. The summed E-state index contributed by atoms with van der Waals surface area (Å²) in [5, 5.41) is 3.29. The Morgan fingerprint density at radius 3 is 2.59 bits per heavy atom. The highest BCUT2D eigenvalue weighted by Crippen LogP contribution is 2.28. The number of hydrogen-bond donors (Lipinski definition) is 2. The minimum Gasteiger partial charge on any atom is -0.370 e. The normalized spacial score (nSPS) is 10.9. The molecule has 3 N–H and O–H groups in total. The summed E-state index contributed by atoms with van der Waals surface area (Å²) >= 11 is 1.21. The molecule has 2 aromatic heterocycles. The van der Waals surface area contributed by atoms with E-state index in [9.17, 15) is 14.4 Å². The molecule has 2 amide bonds. The Bertz CT molecular complexity index is 1070. The highest BCUT2D eigenvalue weighted by Gasteiger charge is 2.20. The first-order chi connectivity index (χ1) is 12.9. The van der Waals surface area contributed by atoms with Crippen molar-refractivity contribution in [2.75, 3.05) is 5.32 Å². The second-order valence-corrected chi connectivity index (χ2v) is 7.24. The van der Waals surface area contributed by atoms with E-state index in [1.54, 1.807) is 26.0 Å². The van der Waals surface area contributed by atoms with Gasteiger partial charge in [0.25, 0.3) is 11.5 Å². The number of benzene rings is 1. The summed E-state index contributed by atoms with van der Waals surface area (Å²) in [6.07, 6.45) is 0.672. The standard InChI is InChI=1S/C19H20N4O3S/c1-11-15-18(21-12(2)23(19(15)26)10-6-9-14(20)24)27-16(11)17(25)22-13-7-4-3-5-8-13/h3-5,7-8H,6,9-10H2,1-2H3,(H2,20,24)(H,22,25). The van der Waals surface area contributed by atoms with Gasteiger partial charge in [0.1, 0.15) is 10.7 Å². The first-order valence-electron chi connectivity index (χ1n) is 8.53. The van der Waals surface area contributed by atoms with Crippen LogP contribution in [0, 0.1) is 13.8 Å². The molecule has 27 heavy (non-hydrogen) atoms. The molecule has 140 valence electrons. The van der Waals surface area contributed by atoms with E-state index < -0.39 is 5.91 Å². The predicted octanol–water partition coefficient (Wildman–Crippen LogP) is 2.59. The van der Waals surface area contributed by atoms with Crippen LogP contribution in [0.4, 0.5) is 5.69 Å². The van der Waals surface area contributed by atoms with Gasteiger partial charge < -0.3 is 11.1 Å². The number of rotatable bonds is 6. The molecule has 1 aromatic carbocycles. The van der Waals surface area contributed by atoms with Crippen molar-refractivity contribution in [3.63, 3.8) is 0 Å². The second kappa shape index (κ2) is 7.71. The number of carbonyl (C=O) groups is 2. The number of primary amides is 1. The maximum Gasteiger partial charge on any atom is 0.266 e. The Balaban J connectivity index is 1.96. The average Bonchev–Trinajstić information content (AvgIpc) is 2.95. The quantitative estimate of drug-likeness (QED) is 0.681. The van der Waals surface area contributed by atoms with Gasteiger partial charge in [0.2, 0.25) is 5.91 Å². The lowest BCUT2D eigenvalue weighted by atomic mass is 10.2. The predicted molar refractivity (Wildman–Crippen MR) is 106 cm³/mol. The fourth-order valence-corrected chi connectivity index (χ4v) is 4.03. The lowest BCUT2D eigenvalue weighted by Gasteiger charge is -2.08. The molecule has 0 aliphatic rings. The molecule has 3 rings (SSSR count). The van der Waals surface area contributed by atoms with E-state index in [1.807, 2.05) is 18.2 Å². The molecule has 0 aliphatic carbocycles. The fraction of sp³-hybridized carbons (Fsp3) is 0.263. The van der Waals surface area contributed by atoms with Crippen LogP contribution < -0.4 is 16.6 Å². The van der Waals surface area contributed by atoms with Crippen molar-refractivity contribution >= 4 is 39.1 Å². The van der Waals surface area contributed by atoms with Crippen LogP contribution in [0.3, 0.4) is 0 Å². The topological polar surface area (TPSA) is 107 Å². The van der Waals surface area contributed by atoms with E-state index in [1.165, 1.54) is 15.9 Å². The number of amides is 2. The molecule has 0 radical (unpaired) electrons. The van der Waals surface area contributed by atoms with E-state index in [-0.39, 0.29) is 17.9 Å². The number of aromatic nitrogens is 2. The molecule has 0 aliphatic heterocycles. The summed E-state index contributed by atoms with van der Waals surface area (Å²) in [5.41, 5.74) is 6.27. The maximum absolute atomic E-state index is 12.9. The summed E-state index contributed by atoms with van der Waals surface area (Å²) in [4.78, 5) is 42.0. The van der Waals surface area contributed by atoms with E-state index in [0.29, 0.717) is 45.1 Å². The van der Waals surface area contributed by atoms with Crippen molar-refractivity contribution in [2.45, 2.75) is 33.2 Å². The molecule has 7 nitrogen and oxygen atoms in total. The molecule has 0 unspecified atom stereocenters. The van der Waals surface area contributed by atoms with Crippen molar-refractivity contribution in [2.24, 2.45) is 5.73 Å². The number of hydrogen-bond acceptors (Lipinski definition) is 5. The van der Waals surface area contributed by atoms with Gasteiger partial charge in [0.15, 0.2) is 0 Å². The number of carbonyl (C=O) groups excluding carboxylic acids is 2. The van der Waals surface area contributed by atoms with Gasteiger partial charge in [0, 0.05) is 18.7 Å². The molecule has 8 heteroatoms. The number of nitrogens with zero attached hydrogens (tertiary/aromatic N) is 2. The van der Waals surface area contributed by atoms with Gasteiger partial charge in [-0.15, -0.1) is 11.3 Å². The monoisotopic (exact) mass is 384 g/mol. The van der Waals surface area contributed by atoms with Gasteiger partial charge in [-0.25, -0.2) is 4.98 Å². The van der Waals surface area contributed by atoms with Gasteiger partial charge in [-0.05, 0) is 38.0 Å². The largest absolute Gasteiger partial charge is 0.370 e. The van der Waals surface area contributed by atoms with Crippen LogP contribution in [0.2, 0.25) is 0 Å². The highest BCUT2D eigenvalue weighted by atomic mass is 32.1. The van der Waals surface area contributed by atoms with Crippen molar-refractivity contribution in [3.8, 4) is 0 Å². The number of nitrogens with two attached hydrogens (primary N) is 1. The molecule has 0 saturated carbocycles. The molecular weight excluding hydrogens is 364 g/mol. The van der Waals surface area contributed by atoms with E-state index in [0.717, 1.165) is 0 Å². The van der Waals surface area contributed by atoms with E-state index in [4.69, 9.17) is 5.73 Å². The van der Waals surface area contributed by atoms with Crippen LogP contribution in [0.25, 0.3) is 10.2 Å². The van der Waals surface area contributed by atoms with Gasteiger partial charge in [-0.1, -0.05) is 18.2 Å². The zero-order valence-corrected chi connectivity index (χ0v) is 15.9. The molecule has 2 heterocycles. The minimum atomic E-state index is -0.402. The van der Waals surface area contributed by atoms with Crippen molar-refractivity contribution in [3.05, 3.63) is 57.0 Å². The Morgan fingerprint density at radius 1 is 1.22 bits per heavy atom. The molecule has 0 saturated heterocycles. The summed E-state index contributed by atoms with van der Waals surface area (Å²) in [5.74, 6) is -0.117.